The number of nitrogens with one attached hydrogen (secondary N) is 1. The van der Waals surface area contributed by atoms with Crippen molar-refractivity contribution >= 4 is 23.5 Å². The van der Waals surface area contributed by atoms with Gasteiger partial charge in [-0.15, -0.1) is 0 Å². The summed E-state index contributed by atoms with van der Waals surface area (Å²) < 4.78 is 11.1. The van der Waals surface area contributed by atoms with Gasteiger partial charge in [0.15, 0.2) is 5.82 Å². The highest BCUT2D eigenvalue weighted by Gasteiger charge is 2.36. The van der Waals surface area contributed by atoms with Gasteiger partial charge in [0.2, 0.25) is 0 Å². The van der Waals surface area contributed by atoms with Gasteiger partial charge in [-0.1, -0.05) is 24.3 Å². The molecule has 1 N–H and O–H groups in total. The van der Waals surface area contributed by atoms with Crippen LogP contribution in [0, 0.1) is 0 Å². The van der Waals surface area contributed by atoms with E-state index in [1.807, 2.05) is 91.3 Å². The number of H-pyrrole nitrogens is 1. The lowest BCUT2D eigenvalue weighted by Gasteiger charge is -2.28. The van der Waals surface area contributed by atoms with Crippen LogP contribution in [0.2, 0.25) is 0 Å². The van der Waals surface area contributed by atoms with Crippen molar-refractivity contribution in [3.05, 3.63) is 60.4 Å². The molecule has 1 saturated heterocycles. The molecule has 0 bridgehead atoms. The van der Waals surface area contributed by atoms with E-state index in [0.717, 1.165) is 46.5 Å². The molecule has 45 heavy (non-hydrogen) atoms. The van der Waals surface area contributed by atoms with Crippen LogP contribution in [-0.4, -0.2) is 78.5 Å². The zero-order chi connectivity index (χ0) is 32.5. The number of hydrogen-bond acceptors (Lipinski definition) is 8. The second-order valence-corrected chi connectivity index (χ2v) is 13.6. The van der Waals surface area contributed by atoms with Crippen LogP contribution in [-0.2, 0) is 9.47 Å². The van der Waals surface area contributed by atoms with E-state index in [2.05, 4.69) is 24.9 Å². The van der Waals surface area contributed by atoms with Crippen LogP contribution in [0.5, 0.6) is 0 Å². The normalized spacial score (nSPS) is 17.5. The number of rotatable bonds is 6. The summed E-state index contributed by atoms with van der Waals surface area (Å²) in [4.78, 5) is 50.4. The number of carbonyl (C=O) groups excluding carboxylic acids is 2. The second kappa shape index (κ2) is 12.5. The third-order valence-electron chi connectivity index (χ3n) is 7.75. The lowest BCUT2D eigenvalue weighted by Crippen LogP contribution is -2.43. The van der Waals surface area contributed by atoms with Gasteiger partial charge < -0.3 is 19.4 Å². The number of ether oxygens (including phenoxy) is 2. The zero-order valence-electron chi connectivity index (χ0n) is 27.4. The summed E-state index contributed by atoms with van der Waals surface area (Å²) in [5.74, 6) is 1.29. The highest BCUT2D eigenvalue weighted by molar-refractivity contribution is 6.02. The Kier molecular flexibility index (Phi) is 8.82. The van der Waals surface area contributed by atoms with Crippen LogP contribution in [0.3, 0.4) is 0 Å². The number of aliphatic imine (C=N–C) groups is 1. The van der Waals surface area contributed by atoms with Crippen LogP contribution in [0.25, 0.3) is 28.2 Å². The van der Waals surface area contributed by atoms with E-state index in [0.29, 0.717) is 24.6 Å². The lowest BCUT2D eigenvalue weighted by molar-refractivity contribution is 0.0225. The number of nitrogens with zero attached hydrogens (tertiary/aromatic N) is 6. The van der Waals surface area contributed by atoms with Crippen molar-refractivity contribution in [2.24, 2.45) is 4.99 Å². The summed E-state index contributed by atoms with van der Waals surface area (Å²) in [6, 6.07) is 7.59. The van der Waals surface area contributed by atoms with Gasteiger partial charge in [-0.25, -0.2) is 24.5 Å². The van der Waals surface area contributed by atoms with E-state index < -0.39 is 17.3 Å². The molecule has 3 aromatic rings. The zero-order valence-corrected chi connectivity index (χ0v) is 27.4. The third-order valence-corrected chi connectivity index (χ3v) is 7.75. The molecule has 0 saturated carbocycles. The number of amides is 2. The monoisotopic (exact) mass is 613 g/mol. The Balaban J connectivity index is 1.19. The molecule has 238 valence electrons. The van der Waals surface area contributed by atoms with Gasteiger partial charge >= 0.3 is 12.2 Å². The topological polar surface area (TPSA) is 126 Å². The van der Waals surface area contributed by atoms with Gasteiger partial charge in [-0.05, 0) is 72.4 Å². The molecular formula is C34H43N7O4. The molecule has 11 nitrogen and oxygen atoms in total. The Hall–Kier alpha value is -4.54. The smallest absolute Gasteiger partial charge is 0.410 e. The summed E-state index contributed by atoms with van der Waals surface area (Å²) in [7, 11) is 1.70. The summed E-state index contributed by atoms with van der Waals surface area (Å²) in [6.07, 6.45) is 9.05. The van der Waals surface area contributed by atoms with E-state index in [4.69, 9.17) is 9.47 Å². The maximum absolute atomic E-state index is 12.8. The third kappa shape index (κ3) is 7.58. The van der Waals surface area contributed by atoms with E-state index in [1.165, 1.54) is 4.90 Å². The highest BCUT2D eigenvalue weighted by atomic mass is 16.6. The van der Waals surface area contributed by atoms with Crippen molar-refractivity contribution in [1.29, 1.82) is 0 Å². The van der Waals surface area contributed by atoms with Crippen LogP contribution < -0.4 is 0 Å². The predicted molar refractivity (Wildman–Crippen MR) is 173 cm³/mol. The fourth-order valence-electron chi connectivity index (χ4n) is 5.29. The van der Waals surface area contributed by atoms with Crippen LogP contribution >= 0.6 is 0 Å². The Labute approximate surface area is 264 Å². The van der Waals surface area contributed by atoms with E-state index >= 15 is 0 Å². The molecule has 2 aliphatic heterocycles. The largest absolute Gasteiger partial charge is 0.444 e. The number of imidazole rings is 1. The quantitative estimate of drug-likeness (QED) is 0.316. The van der Waals surface area contributed by atoms with Crippen molar-refractivity contribution in [3.8, 4) is 22.6 Å². The number of benzene rings is 1. The van der Waals surface area contributed by atoms with Crippen LogP contribution in [0.15, 0.2) is 54.0 Å². The average Bonchev–Trinajstić information content (AvgIpc) is 3.75. The Morgan fingerprint density at radius 2 is 1.58 bits per heavy atom. The molecule has 0 radical (unpaired) electrons. The van der Waals surface area contributed by atoms with Crippen molar-refractivity contribution < 1.29 is 19.1 Å². The van der Waals surface area contributed by atoms with Gasteiger partial charge in [0, 0.05) is 55.4 Å². The average molecular weight is 614 g/mol. The number of allylic oxidation sites excluding steroid dienone is 1. The number of carbonyl (C=O) groups is 2. The highest BCUT2D eigenvalue weighted by Crippen LogP contribution is 2.31. The van der Waals surface area contributed by atoms with Crippen LogP contribution in [0.4, 0.5) is 9.59 Å². The maximum atomic E-state index is 12.8. The lowest BCUT2D eigenvalue weighted by atomic mass is 10.0. The van der Waals surface area contributed by atoms with Crippen molar-refractivity contribution in [2.75, 3.05) is 13.6 Å². The molecule has 11 heteroatoms. The minimum absolute atomic E-state index is 0.0487. The Morgan fingerprint density at radius 1 is 0.933 bits per heavy atom. The summed E-state index contributed by atoms with van der Waals surface area (Å²) in [5.41, 5.74) is 4.49. The molecule has 2 amide bonds. The van der Waals surface area contributed by atoms with Gasteiger partial charge in [-0.3, -0.25) is 9.89 Å². The SMILES string of the molecule is C[C@@H](c1ncc(-c2ccc(-c3ncc(C4=CN=C([C@@H]5CCCN5C(=O)OC(C)(C)C)C4)cn3)cc2)[nH]1)N(C)C(=O)OC(C)(C)C. The molecule has 2 aliphatic rings. The first-order valence-electron chi connectivity index (χ1n) is 15.4. The van der Waals surface area contributed by atoms with E-state index in [-0.39, 0.29) is 18.2 Å². The van der Waals surface area contributed by atoms with Gasteiger partial charge in [0.1, 0.15) is 17.0 Å². The predicted octanol–water partition coefficient (Wildman–Crippen LogP) is 7.05. The van der Waals surface area contributed by atoms with Crippen molar-refractivity contribution in [3.63, 3.8) is 0 Å². The Morgan fingerprint density at radius 3 is 2.22 bits per heavy atom. The molecule has 4 heterocycles. The van der Waals surface area contributed by atoms with Gasteiger partial charge in [0.05, 0.1) is 24.0 Å². The van der Waals surface area contributed by atoms with E-state index in [9.17, 15) is 9.59 Å². The van der Waals surface area contributed by atoms with Gasteiger partial charge in [0.25, 0.3) is 0 Å². The number of aromatic nitrogens is 4. The standard InChI is InChI=1S/C34H43N7O4/c1-21(40(8)31(42)44-33(2,3)4)29-38-20-27(39-29)22-11-13-23(14-12-22)30-36-18-25(19-37-30)24-16-26(35-17-24)28-10-9-15-41(28)32(43)45-34(5,6)7/h11-14,17-21,28H,9-10,15-16H2,1-8H3,(H,38,39)/t21-,28-/m0/s1. The van der Waals surface area contributed by atoms with Crippen LogP contribution in [0.1, 0.15) is 85.2 Å². The molecule has 2 atom stereocenters. The first-order chi connectivity index (χ1) is 21.2. The fourth-order valence-corrected chi connectivity index (χ4v) is 5.29. The summed E-state index contributed by atoms with van der Waals surface area (Å²) >= 11 is 0. The molecule has 0 unspecified atom stereocenters. The molecule has 1 aromatic carbocycles. The first-order valence-corrected chi connectivity index (χ1v) is 15.4. The minimum atomic E-state index is -0.570. The molecular weight excluding hydrogens is 570 g/mol. The van der Waals surface area contributed by atoms with Gasteiger partial charge in [-0.2, -0.15) is 0 Å². The molecule has 0 spiro atoms. The van der Waals surface area contributed by atoms with E-state index in [1.54, 1.807) is 18.1 Å². The number of hydrogen-bond donors (Lipinski definition) is 1. The van der Waals surface area contributed by atoms with Crippen molar-refractivity contribution in [2.45, 2.75) is 91.0 Å². The second-order valence-electron chi connectivity index (χ2n) is 13.6. The molecule has 0 aliphatic carbocycles. The maximum Gasteiger partial charge on any atom is 0.410 e. The Bertz CT molecular complexity index is 1590. The first kappa shape index (κ1) is 31.9. The molecule has 1 fully saturated rings. The molecule has 5 rings (SSSR count). The molecule has 2 aromatic heterocycles. The number of likely N-dealkylation sites (tertiary alicyclic amines) is 1. The summed E-state index contributed by atoms with van der Waals surface area (Å²) in [5, 5.41) is 0. The van der Waals surface area contributed by atoms with Crippen molar-refractivity contribution in [1.82, 2.24) is 29.7 Å². The fraction of sp³-hybridized carbons (Fsp3) is 0.471. The summed E-state index contributed by atoms with van der Waals surface area (Å²) in [6.45, 7) is 13.8. The minimum Gasteiger partial charge on any atom is -0.444 e. The number of aromatic amines is 1.